The Bertz CT molecular complexity index is 612. The summed E-state index contributed by atoms with van der Waals surface area (Å²) in [6.07, 6.45) is 0. The van der Waals surface area contributed by atoms with Crippen LogP contribution in [0.4, 0.5) is 0 Å². The van der Waals surface area contributed by atoms with Crippen molar-refractivity contribution in [2.75, 3.05) is 39.8 Å². The second-order valence-corrected chi connectivity index (χ2v) is 7.81. The Morgan fingerprint density at radius 1 is 1.18 bits per heavy atom. The molecule has 1 amide bonds. The average molecular weight is 300 g/mol. The fraction of sp³-hybridized carbons (Fsp3) is 0.611. The van der Waals surface area contributed by atoms with Crippen molar-refractivity contribution in [1.82, 2.24) is 9.80 Å². The number of benzene rings is 1. The number of ether oxygens (including phenoxy) is 1. The number of likely N-dealkylation sites (tertiary alicyclic amines) is 2. The second kappa shape index (κ2) is 4.72. The summed E-state index contributed by atoms with van der Waals surface area (Å²) in [4.78, 5) is 17.4. The number of nitrogens with zero attached hydrogens (tertiary/aromatic N) is 2. The SMILES string of the molecule is CN1C[C@@H]2CN(C(=O)c3cccc4c3OCC4(C)C)C[C@@H]2C1. The lowest BCUT2D eigenvalue weighted by Gasteiger charge is -2.20. The predicted octanol–water partition coefficient (Wildman–Crippen LogP) is 1.99. The Morgan fingerprint density at radius 2 is 1.86 bits per heavy atom. The van der Waals surface area contributed by atoms with Crippen molar-refractivity contribution in [3.8, 4) is 5.75 Å². The molecule has 118 valence electrons. The number of fused-ring (bicyclic) bond motifs is 2. The van der Waals surface area contributed by atoms with Crippen LogP contribution in [0.5, 0.6) is 5.75 Å². The first-order valence-electron chi connectivity index (χ1n) is 8.20. The van der Waals surface area contributed by atoms with E-state index in [1.165, 1.54) is 0 Å². The standard InChI is InChI=1S/C18H24N2O2/c1-18(2)11-22-16-14(5-4-6-15(16)18)17(21)20-9-12-7-19(3)8-13(12)10-20/h4-6,12-13H,7-11H2,1-3H3/t12-,13+. The Labute approximate surface area is 132 Å². The molecule has 0 bridgehead atoms. The molecule has 2 atom stereocenters. The van der Waals surface area contributed by atoms with Gasteiger partial charge in [0.05, 0.1) is 12.2 Å². The van der Waals surface area contributed by atoms with Gasteiger partial charge in [0.15, 0.2) is 0 Å². The first kappa shape index (κ1) is 14.1. The first-order valence-corrected chi connectivity index (χ1v) is 8.20. The Morgan fingerprint density at radius 3 is 2.55 bits per heavy atom. The summed E-state index contributed by atoms with van der Waals surface area (Å²) < 4.78 is 5.88. The van der Waals surface area contributed by atoms with E-state index in [-0.39, 0.29) is 11.3 Å². The predicted molar refractivity (Wildman–Crippen MR) is 85.3 cm³/mol. The Balaban J connectivity index is 1.59. The van der Waals surface area contributed by atoms with Gasteiger partial charge in [-0.3, -0.25) is 4.79 Å². The maximum absolute atomic E-state index is 13.0. The van der Waals surface area contributed by atoms with Gasteiger partial charge < -0.3 is 14.5 Å². The van der Waals surface area contributed by atoms with E-state index >= 15 is 0 Å². The average Bonchev–Trinajstić information content (AvgIpc) is 3.09. The number of para-hydroxylation sites is 1. The molecule has 4 nitrogen and oxygen atoms in total. The molecule has 3 heterocycles. The van der Waals surface area contributed by atoms with Crippen LogP contribution in [0.3, 0.4) is 0 Å². The van der Waals surface area contributed by atoms with Crippen molar-refractivity contribution >= 4 is 5.91 Å². The van der Waals surface area contributed by atoms with Crippen LogP contribution in [-0.4, -0.2) is 55.5 Å². The van der Waals surface area contributed by atoms with Gasteiger partial charge >= 0.3 is 0 Å². The van der Waals surface area contributed by atoms with Crippen molar-refractivity contribution in [2.45, 2.75) is 19.3 Å². The van der Waals surface area contributed by atoms with E-state index < -0.39 is 0 Å². The molecule has 4 rings (SSSR count). The molecule has 4 heteroatoms. The van der Waals surface area contributed by atoms with Crippen LogP contribution in [-0.2, 0) is 5.41 Å². The summed E-state index contributed by atoms with van der Waals surface area (Å²) in [5.74, 6) is 2.24. The molecule has 3 aliphatic rings. The lowest BCUT2D eigenvalue weighted by molar-refractivity contribution is 0.0772. The van der Waals surface area contributed by atoms with Crippen LogP contribution >= 0.6 is 0 Å². The molecule has 0 radical (unpaired) electrons. The smallest absolute Gasteiger partial charge is 0.257 e. The zero-order chi connectivity index (χ0) is 15.5. The highest BCUT2D eigenvalue weighted by Crippen LogP contribution is 2.41. The van der Waals surface area contributed by atoms with Crippen LogP contribution < -0.4 is 4.74 Å². The second-order valence-electron chi connectivity index (χ2n) is 7.81. The third kappa shape index (κ3) is 2.04. The summed E-state index contributed by atoms with van der Waals surface area (Å²) in [6.45, 7) is 9.01. The Hall–Kier alpha value is -1.55. The van der Waals surface area contributed by atoms with Gasteiger partial charge in [0, 0.05) is 37.2 Å². The quantitative estimate of drug-likeness (QED) is 0.795. The van der Waals surface area contributed by atoms with Crippen LogP contribution in [0.1, 0.15) is 29.8 Å². The molecule has 1 aromatic rings. The van der Waals surface area contributed by atoms with Gasteiger partial charge in [0.1, 0.15) is 5.75 Å². The van der Waals surface area contributed by atoms with E-state index in [1.807, 2.05) is 17.0 Å². The van der Waals surface area contributed by atoms with Gasteiger partial charge in [-0.25, -0.2) is 0 Å². The van der Waals surface area contributed by atoms with Crippen molar-refractivity contribution in [3.63, 3.8) is 0 Å². The molecular weight excluding hydrogens is 276 g/mol. The van der Waals surface area contributed by atoms with E-state index in [0.717, 1.165) is 43.1 Å². The lowest BCUT2D eigenvalue weighted by Crippen LogP contribution is -2.32. The summed E-state index contributed by atoms with van der Waals surface area (Å²) in [5.41, 5.74) is 1.91. The molecule has 0 aromatic heterocycles. The maximum Gasteiger partial charge on any atom is 0.257 e. The van der Waals surface area contributed by atoms with Gasteiger partial charge in [-0.1, -0.05) is 26.0 Å². The van der Waals surface area contributed by atoms with Crippen molar-refractivity contribution in [2.24, 2.45) is 11.8 Å². The third-order valence-electron chi connectivity index (χ3n) is 5.51. The third-order valence-corrected chi connectivity index (χ3v) is 5.51. The molecular formula is C18H24N2O2. The van der Waals surface area contributed by atoms with E-state index in [4.69, 9.17) is 4.74 Å². The normalized spacial score (nSPS) is 29.3. The minimum Gasteiger partial charge on any atom is -0.492 e. The molecule has 2 fully saturated rings. The van der Waals surface area contributed by atoms with Crippen molar-refractivity contribution in [3.05, 3.63) is 29.3 Å². The van der Waals surface area contributed by atoms with E-state index in [1.54, 1.807) is 0 Å². The molecule has 0 unspecified atom stereocenters. The number of rotatable bonds is 1. The number of hydrogen-bond donors (Lipinski definition) is 0. The number of carbonyl (C=O) groups is 1. The fourth-order valence-corrected chi connectivity index (χ4v) is 4.29. The zero-order valence-corrected chi connectivity index (χ0v) is 13.6. The summed E-state index contributed by atoms with van der Waals surface area (Å²) in [7, 11) is 2.17. The number of carbonyl (C=O) groups excluding carboxylic acids is 1. The van der Waals surface area contributed by atoms with E-state index in [0.29, 0.717) is 18.4 Å². The van der Waals surface area contributed by atoms with Crippen LogP contribution in [0.15, 0.2) is 18.2 Å². The minimum absolute atomic E-state index is 0.00411. The Kier molecular flexibility index (Phi) is 3.02. The summed E-state index contributed by atoms with van der Waals surface area (Å²) >= 11 is 0. The first-order chi connectivity index (χ1) is 10.5. The van der Waals surface area contributed by atoms with Crippen LogP contribution in [0.25, 0.3) is 0 Å². The summed E-state index contributed by atoms with van der Waals surface area (Å²) in [6, 6.07) is 6.00. The maximum atomic E-state index is 13.0. The van der Waals surface area contributed by atoms with Gasteiger partial charge in [-0.05, 0) is 24.9 Å². The molecule has 0 spiro atoms. The van der Waals surface area contributed by atoms with Gasteiger partial charge in [-0.2, -0.15) is 0 Å². The molecule has 3 aliphatic heterocycles. The highest BCUT2D eigenvalue weighted by atomic mass is 16.5. The number of amides is 1. The van der Waals surface area contributed by atoms with E-state index in [9.17, 15) is 4.79 Å². The molecule has 0 saturated carbocycles. The van der Waals surface area contributed by atoms with E-state index in [2.05, 4.69) is 31.9 Å². The monoisotopic (exact) mass is 300 g/mol. The molecule has 1 aromatic carbocycles. The van der Waals surface area contributed by atoms with Crippen LogP contribution in [0, 0.1) is 11.8 Å². The van der Waals surface area contributed by atoms with Crippen molar-refractivity contribution < 1.29 is 9.53 Å². The largest absolute Gasteiger partial charge is 0.492 e. The zero-order valence-electron chi connectivity index (χ0n) is 13.6. The molecule has 22 heavy (non-hydrogen) atoms. The molecule has 0 N–H and O–H groups in total. The number of hydrogen-bond acceptors (Lipinski definition) is 3. The van der Waals surface area contributed by atoms with Gasteiger partial charge in [0.2, 0.25) is 0 Å². The highest BCUT2D eigenvalue weighted by molar-refractivity contribution is 5.98. The van der Waals surface area contributed by atoms with Gasteiger partial charge in [0.25, 0.3) is 5.91 Å². The van der Waals surface area contributed by atoms with Crippen LogP contribution in [0.2, 0.25) is 0 Å². The lowest BCUT2D eigenvalue weighted by atomic mass is 9.86. The van der Waals surface area contributed by atoms with Crippen molar-refractivity contribution in [1.29, 1.82) is 0 Å². The topological polar surface area (TPSA) is 32.8 Å². The minimum atomic E-state index is -0.00411. The van der Waals surface area contributed by atoms with Gasteiger partial charge in [-0.15, -0.1) is 0 Å². The molecule has 0 aliphatic carbocycles. The molecule has 2 saturated heterocycles. The highest BCUT2D eigenvalue weighted by Gasteiger charge is 2.42. The fourth-order valence-electron chi connectivity index (χ4n) is 4.29. The summed E-state index contributed by atoms with van der Waals surface area (Å²) in [5, 5.41) is 0.